The minimum atomic E-state index is 0.0609. The zero-order valence-electron chi connectivity index (χ0n) is 10.1. The summed E-state index contributed by atoms with van der Waals surface area (Å²) in [5, 5.41) is 1.89. The van der Waals surface area contributed by atoms with E-state index in [1.807, 2.05) is 47.8 Å². The molecule has 0 amide bonds. The molecule has 3 rings (SSSR count). The highest BCUT2D eigenvalue weighted by atomic mass is 32.1. The molecule has 0 saturated carbocycles. The number of carbonyl (C=O) groups excluding carboxylic acids is 1. The number of oxazole rings is 1. The summed E-state index contributed by atoms with van der Waals surface area (Å²) < 4.78 is 5.61. The topological polar surface area (TPSA) is 43.1 Å². The Morgan fingerprint density at radius 2 is 2.00 bits per heavy atom. The molecule has 0 radical (unpaired) electrons. The van der Waals surface area contributed by atoms with Crippen LogP contribution in [0.5, 0.6) is 0 Å². The predicted molar refractivity (Wildman–Crippen MR) is 74.3 cm³/mol. The number of ketones is 1. The number of carbonyl (C=O) groups is 1. The third-order valence-corrected chi connectivity index (χ3v) is 3.62. The molecular formula is C15H11NO2S. The van der Waals surface area contributed by atoms with Crippen molar-refractivity contribution < 1.29 is 9.21 Å². The third-order valence-electron chi connectivity index (χ3n) is 2.71. The Balaban J connectivity index is 1.77. The maximum absolute atomic E-state index is 11.9. The van der Waals surface area contributed by atoms with Gasteiger partial charge in [-0.05, 0) is 23.6 Å². The van der Waals surface area contributed by atoms with Gasteiger partial charge in [-0.1, -0.05) is 24.3 Å². The summed E-state index contributed by atoms with van der Waals surface area (Å²) in [7, 11) is 0. The molecule has 0 aliphatic carbocycles. The Kier molecular flexibility index (Phi) is 3.25. The fourth-order valence-electron chi connectivity index (χ4n) is 1.79. The second kappa shape index (κ2) is 5.20. The molecular weight excluding hydrogens is 258 g/mol. The minimum Gasteiger partial charge on any atom is -0.441 e. The van der Waals surface area contributed by atoms with Crippen LogP contribution in [0, 0.1) is 0 Å². The van der Waals surface area contributed by atoms with Crippen LogP contribution in [0.3, 0.4) is 0 Å². The Hall–Kier alpha value is -2.20. The second-order valence-electron chi connectivity index (χ2n) is 4.08. The van der Waals surface area contributed by atoms with Crippen LogP contribution >= 0.6 is 11.3 Å². The second-order valence-corrected chi connectivity index (χ2v) is 5.02. The largest absolute Gasteiger partial charge is 0.441 e. The number of hydrogen-bond acceptors (Lipinski definition) is 4. The molecule has 0 N–H and O–H groups in total. The van der Waals surface area contributed by atoms with E-state index in [-0.39, 0.29) is 12.2 Å². The molecule has 94 valence electrons. The summed E-state index contributed by atoms with van der Waals surface area (Å²) in [5.41, 5.74) is 0.914. The van der Waals surface area contributed by atoms with Gasteiger partial charge in [-0.15, -0.1) is 11.3 Å². The highest BCUT2D eigenvalue weighted by Crippen LogP contribution is 2.20. The van der Waals surface area contributed by atoms with E-state index in [2.05, 4.69) is 4.98 Å². The van der Waals surface area contributed by atoms with Crippen LogP contribution in [0.15, 0.2) is 58.5 Å². The lowest BCUT2D eigenvalue weighted by Crippen LogP contribution is -1.99. The van der Waals surface area contributed by atoms with Crippen molar-refractivity contribution >= 4 is 17.1 Å². The van der Waals surface area contributed by atoms with E-state index in [4.69, 9.17) is 4.42 Å². The lowest BCUT2D eigenvalue weighted by atomic mass is 10.2. The van der Waals surface area contributed by atoms with Gasteiger partial charge in [-0.2, -0.15) is 0 Å². The summed E-state index contributed by atoms with van der Waals surface area (Å²) in [5.74, 6) is 1.21. The molecule has 4 heteroatoms. The number of benzene rings is 1. The normalized spacial score (nSPS) is 10.5. The molecule has 0 atom stereocenters. The molecule has 19 heavy (non-hydrogen) atoms. The summed E-state index contributed by atoms with van der Waals surface area (Å²) in [6.07, 6.45) is 1.87. The molecule has 0 fully saturated rings. The lowest BCUT2D eigenvalue weighted by Gasteiger charge is -1.95. The fraction of sp³-hybridized carbons (Fsp3) is 0.0667. The molecule has 1 aromatic carbocycles. The molecule has 0 saturated heterocycles. The minimum absolute atomic E-state index is 0.0609. The first-order valence-corrected chi connectivity index (χ1v) is 6.78. The highest BCUT2D eigenvalue weighted by Gasteiger charge is 2.12. The lowest BCUT2D eigenvalue weighted by molar-refractivity contribution is 0.0991. The maximum Gasteiger partial charge on any atom is 0.226 e. The fourth-order valence-corrected chi connectivity index (χ4v) is 2.45. The summed E-state index contributed by atoms with van der Waals surface area (Å²) >= 11 is 1.44. The average Bonchev–Trinajstić information content (AvgIpc) is 3.11. The van der Waals surface area contributed by atoms with Gasteiger partial charge in [0.25, 0.3) is 0 Å². The highest BCUT2D eigenvalue weighted by molar-refractivity contribution is 7.12. The van der Waals surface area contributed by atoms with Gasteiger partial charge in [0.2, 0.25) is 5.89 Å². The van der Waals surface area contributed by atoms with Crippen LogP contribution in [0.1, 0.15) is 15.4 Å². The third kappa shape index (κ3) is 2.63. The van der Waals surface area contributed by atoms with Gasteiger partial charge in [-0.3, -0.25) is 4.79 Å². The number of aromatic nitrogens is 1. The summed E-state index contributed by atoms with van der Waals surface area (Å²) in [6.45, 7) is 0. The van der Waals surface area contributed by atoms with Crippen LogP contribution in [0.2, 0.25) is 0 Å². The van der Waals surface area contributed by atoms with E-state index in [1.54, 1.807) is 6.20 Å². The monoisotopic (exact) mass is 269 g/mol. The van der Waals surface area contributed by atoms with Crippen LogP contribution in [0.25, 0.3) is 11.5 Å². The Bertz CT molecular complexity index is 671. The number of thiophene rings is 1. The Labute approximate surface area is 114 Å². The van der Waals surface area contributed by atoms with E-state index in [9.17, 15) is 4.79 Å². The van der Waals surface area contributed by atoms with Crippen molar-refractivity contribution in [3.05, 3.63) is 64.7 Å². The van der Waals surface area contributed by atoms with Gasteiger partial charge in [-0.25, -0.2) is 4.98 Å². The summed E-state index contributed by atoms with van der Waals surface area (Å²) in [4.78, 5) is 16.9. The van der Waals surface area contributed by atoms with Crippen LogP contribution in [-0.2, 0) is 6.42 Å². The molecule has 0 unspecified atom stereocenters. The van der Waals surface area contributed by atoms with E-state index in [0.717, 1.165) is 10.4 Å². The van der Waals surface area contributed by atoms with Gasteiger partial charge < -0.3 is 4.42 Å². The SMILES string of the molecule is O=C(Cc1cnc(-c2ccccc2)o1)c1cccs1. The van der Waals surface area contributed by atoms with Gasteiger partial charge in [0.1, 0.15) is 5.76 Å². The molecule has 0 aliphatic heterocycles. The first kappa shape index (κ1) is 11.9. The zero-order valence-corrected chi connectivity index (χ0v) is 10.9. The number of Topliss-reactive ketones (excluding diaryl/α,β-unsaturated/α-hetero) is 1. The number of hydrogen-bond donors (Lipinski definition) is 0. The maximum atomic E-state index is 11.9. The van der Waals surface area contributed by atoms with Crippen molar-refractivity contribution in [1.29, 1.82) is 0 Å². The summed E-state index contributed by atoms with van der Waals surface area (Å²) in [6, 6.07) is 13.3. The van der Waals surface area contributed by atoms with Crippen LogP contribution < -0.4 is 0 Å². The molecule has 3 aromatic rings. The Morgan fingerprint density at radius 3 is 2.74 bits per heavy atom. The zero-order chi connectivity index (χ0) is 13.1. The molecule has 2 heterocycles. The Morgan fingerprint density at radius 1 is 1.16 bits per heavy atom. The van der Waals surface area contributed by atoms with Gasteiger partial charge in [0.05, 0.1) is 17.5 Å². The smallest absolute Gasteiger partial charge is 0.226 e. The van der Waals surface area contributed by atoms with Crippen molar-refractivity contribution in [2.75, 3.05) is 0 Å². The predicted octanol–water partition coefficient (Wildman–Crippen LogP) is 3.83. The quantitative estimate of drug-likeness (QED) is 0.676. The van der Waals surface area contributed by atoms with Crippen molar-refractivity contribution in [2.24, 2.45) is 0 Å². The van der Waals surface area contributed by atoms with E-state index in [0.29, 0.717) is 11.7 Å². The van der Waals surface area contributed by atoms with Crippen LogP contribution in [0.4, 0.5) is 0 Å². The number of nitrogens with zero attached hydrogens (tertiary/aromatic N) is 1. The molecule has 0 spiro atoms. The molecule has 3 nitrogen and oxygen atoms in total. The van der Waals surface area contributed by atoms with Crippen molar-refractivity contribution in [2.45, 2.75) is 6.42 Å². The van der Waals surface area contributed by atoms with E-state index < -0.39 is 0 Å². The molecule has 0 aliphatic rings. The van der Waals surface area contributed by atoms with Gasteiger partial charge in [0.15, 0.2) is 5.78 Å². The van der Waals surface area contributed by atoms with Crippen molar-refractivity contribution in [3.63, 3.8) is 0 Å². The van der Waals surface area contributed by atoms with E-state index in [1.165, 1.54) is 11.3 Å². The van der Waals surface area contributed by atoms with Crippen molar-refractivity contribution in [1.82, 2.24) is 4.98 Å². The van der Waals surface area contributed by atoms with Crippen molar-refractivity contribution in [3.8, 4) is 11.5 Å². The number of rotatable bonds is 4. The first-order valence-electron chi connectivity index (χ1n) is 5.90. The average molecular weight is 269 g/mol. The standard InChI is InChI=1S/C15H11NO2S/c17-13(14-7-4-8-19-14)9-12-10-16-15(18-12)11-5-2-1-3-6-11/h1-8,10H,9H2. The molecule has 0 bridgehead atoms. The van der Waals surface area contributed by atoms with Crippen LogP contribution in [-0.4, -0.2) is 10.8 Å². The first-order chi connectivity index (χ1) is 9.33. The molecule has 2 aromatic heterocycles. The van der Waals surface area contributed by atoms with Gasteiger partial charge in [0, 0.05) is 5.56 Å². The van der Waals surface area contributed by atoms with Gasteiger partial charge >= 0.3 is 0 Å². The van der Waals surface area contributed by atoms with E-state index >= 15 is 0 Å².